The number of halogens is 2. The molecule has 1 N–H and O–H groups in total. The summed E-state index contributed by atoms with van der Waals surface area (Å²) in [6, 6.07) is 2.84. The first kappa shape index (κ1) is 15.8. The van der Waals surface area contributed by atoms with Gasteiger partial charge in [0.15, 0.2) is 4.90 Å². The van der Waals surface area contributed by atoms with Gasteiger partial charge in [0.2, 0.25) is 10.0 Å². The lowest BCUT2D eigenvalue weighted by atomic mass is 9.81. The smallest absolute Gasteiger partial charge is 0.309 e. The molecule has 0 atom stereocenters. The molecule has 0 unspecified atom stereocenters. The number of carbonyl (C=O) groups is 1. The molecule has 5 nitrogen and oxygen atoms in total. The molecule has 0 spiro atoms. The van der Waals surface area contributed by atoms with Gasteiger partial charge >= 0.3 is 5.97 Å². The second-order valence-electron chi connectivity index (χ2n) is 5.32. The molecule has 0 aromatic heterocycles. The van der Waals surface area contributed by atoms with Crippen molar-refractivity contribution in [2.24, 2.45) is 5.41 Å². The first-order valence-corrected chi connectivity index (χ1v) is 7.80. The van der Waals surface area contributed by atoms with Crippen LogP contribution in [0.25, 0.3) is 0 Å². The maximum Gasteiger partial charge on any atom is 0.309 e. The van der Waals surface area contributed by atoms with Crippen molar-refractivity contribution in [1.29, 1.82) is 0 Å². The normalized spacial score (nSPS) is 19.4. The standard InChI is InChI=1S/C13H15F2NO4S/c1-13(12(17)18)5-7-16(8-6-13)21(19,20)11-9(14)3-2-4-10(11)15/h2-4H,5-8H2,1H3,(H,17,18). The van der Waals surface area contributed by atoms with Crippen molar-refractivity contribution >= 4 is 16.0 Å². The van der Waals surface area contributed by atoms with E-state index in [1.165, 1.54) is 6.92 Å². The molecule has 0 bridgehead atoms. The molecule has 1 heterocycles. The van der Waals surface area contributed by atoms with Crippen molar-refractivity contribution in [2.75, 3.05) is 13.1 Å². The predicted molar refractivity (Wildman–Crippen MR) is 70.1 cm³/mol. The lowest BCUT2D eigenvalue weighted by molar-refractivity contribution is -0.150. The zero-order chi connectivity index (χ0) is 15.8. The molecule has 2 rings (SSSR count). The van der Waals surface area contributed by atoms with Crippen LogP contribution >= 0.6 is 0 Å². The number of carboxylic acid groups (broad SMARTS) is 1. The maximum atomic E-state index is 13.6. The second kappa shape index (κ2) is 5.34. The van der Waals surface area contributed by atoms with Gasteiger partial charge in [-0.3, -0.25) is 4.79 Å². The largest absolute Gasteiger partial charge is 0.481 e. The topological polar surface area (TPSA) is 74.7 Å². The van der Waals surface area contributed by atoms with E-state index < -0.39 is 37.9 Å². The Morgan fingerprint density at radius 3 is 2.14 bits per heavy atom. The van der Waals surface area contributed by atoms with Gasteiger partial charge < -0.3 is 5.11 Å². The lowest BCUT2D eigenvalue weighted by Crippen LogP contribution is -2.45. The third-order valence-electron chi connectivity index (χ3n) is 3.86. The second-order valence-corrected chi connectivity index (χ2v) is 7.20. The summed E-state index contributed by atoms with van der Waals surface area (Å²) in [5, 5.41) is 9.10. The zero-order valence-electron chi connectivity index (χ0n) is 11.3. The highest BCUT2D eigenvalue weighted by Gasteiger charge is 2.41. The number of carboxylic acids is 1. The van der Waals surface area contributed by atoms with E-state index >= 15 is 0 Å². The van der Waals surface area contributed by atoms with Crippen molar-refractivity contribution in [3.63, 3.8) is 0 Å². The highest BCUT2D eigenvalue weighted by Crippen LogP contribution is 2.34. The van der Waals surface area contributed by atoms with E-state index in [2.05, 4.69) is 0 Å². The van der Waals surface area contributed by atoms with Crippen molar-refractivity contribution in [3.8, 4) is 0 Å². The van der Waals surface area contributed by atoms with Gasteiger partial charge in [0.1, 0.15) is 11.6 Å². The summed E-state index contributed by atoms with van der Waals surface area (Å²) in [5.74, 6) is -3.31. The number of benzene rings is 1. The summed E-state index contributed by atoms with van der Waals surface area (Å²) < 4.78 is 52.8. The van der Waals surface area contributed by atoms with E-state index in [1.54, 1.807) is 0 Å². The van der Waals surface area contributed by atoms with E-state index in [4.69, 9.17) is 5.11 Å². The number of sulfonamides is 1. The Kier molecular flexibility index (Phi) is 4.03. The molecule has 0 saturated carbocycles. The third-order valence-corrected chi connectivity index (χ3v) is 5.81. The van der Waals surface area contributed by atoms with Crippen LogP contribution in [0.15, 0.2) is 23.1 Å². The van der Waals surface area contributed by atoms with Crippen molar-refractivity contribution in [1.82, 2.24) is 4.31 Å². The fourth-order valence-electron chi connectivity index (χ4n) is 2.29. The van der Waals surface area contributed by atoms with Crippen molar-refractivity contribution < 1.29 is 27.1 Å². The minimum absolute atomic E-state index is 0.0844. The quantitative estimate of drug-likeness (QED) is 0.922. The molecule has 8 heteroatoms. The highest BCUT2D eigenvalue weighted by molar-refractivity contribution is 7.89. The fraction of sp³-hybridized carbons (Fsp3) is 0.462. The number of rotatable bonds is 3. The predicted octanol–water partition coefficient (Wildman–Crippen LogP) is 1.84. The Morgan fingerprint density at radius 1 is 1.24 bits per heavy atom. The average molecular weight is 319 g/mol. The Hall–Kier alpha value is -1.54. The maximum absolute atomic E-state index is 13.6. The fourth-order valence-corrected chi connectivity index (χ4v) is 3.84. The molecule has 1 aliphatic heterocycles. The van der Waals surface area contributed by atoms with E-state index in [-0.39, 0.29) is 25.9 Å². The minimum atomic E-state index is -4.31. The molecular weight excluding hydrogens is 304 g/mol. The van der Waals surface area contributed by atoms with Crippen LogP contribution in [0, 0.1) is 17.0 Å². The van der Waals surface area contributed by atoms with Crippen LogP contribution in [0.2, 0.25) is 0 Å². The van der Waals surface area contributed by atoms with E-state index in [0.717, 1.165) is 22.5 Å². The Bertz CT molecular complexity index is 646. The molecule has 0 amide bonds. The monoisotopic (exact) mass is 319 g/mol. The molecular formula is C13H15F2NO4S. The summed E-state index contributed by atoms with van der Waals surface area (Å²) >= 11 is 0. The summed E-state index contributed by atoms with van der Waals surface area (Å²) in [6.07, 6.45) is 0.190. The molecule has 116 valence electrons. The van der Waals surface area contributed by atoms with E-state index in [9.17, 15) is 22.0 Å². The van der Waals surface area contributed by atoms with Gasteiger partial charge in [-0.2, -0.15) is 4.31 Å². The average Bonchev–Trinajstić information content (AvgIpc) is 2.38. The number of hydrogen-bond acceptors (Lipinski definition) is 3. The number of hydrogen-bond donors (Lipinski definition) is 1. The summed E-state index contributed by atoms with van der Waals surface area (Å²) in [7, 11) is -4.31. The Labute approximate surface area is 121 Å². The molecule has 0 radical (unpaired) electrons. The van der Waals surface area contributed by atoms with Gasteiger partial charge in [-0.15, -0.1) is 0 Å². The number of aliphatic carboxylic acids is 1. The Balaban J connectivity index is 2.29. The molecule has 1 aromatic carbocycles. The van der Waals surface area contributed by atoms with Crippen LogP contribution < -0.4 is 0 Å². The van der Waals surface area contributed by atoms with E-state index in [1.807, 2.05) is 0 Å². The van der Waals surface area contributed by atoms with Gasteiger partial charge in [-0.05, 0) is 31.9 Å². The minimum Gasteiger partial charge on any atom is -0.481 e. The van der Waals surface area contributed by atoms with Gasteiger partial charge in [0, 0.05) is 13.1 Å². The highest BCUT2D eigenvalue weighted by atomic mass is 32.2. The molecule has 21 heavy (non-hydrogen) atoms. The van der Waals surface area contributed by atoms with Crippen LogP contribution in [-0.2, 0) is 14.8 Å². The number of nitrogens with zero attached hydrogens (tertiary/aromatic N) is 1. The van der Waals surface area contributed by atoms with Gasteiger partial charge in [0.25, 0.3) is 0 Å². The van der Waals surface area contributed by atoms with Gasteiger partial charge in [-0.1, -0.05) is 6.07 Å². The zero-order valence-corrected chi connectivity index (χ0v) is 12.2. The lowest BCUT2D eigenvalue weighted by Gasteiger charge is -2.35. The molecule has 1 aromatic rings. The first-order valence-electron chi connectivity index (χ1n) is 6.36. The van der Waals surface area contributed by atoms with Gasteiger partial charge in [-0.25, -0.2) is 17.2 Å². The summed E-state index contributed by atoms with van der Waals surface area (Å²) in [4.78, 5) is 10.1. The van der Waals surface area contributed by atoms with Crippen molar-refractivity contribution in [3.05, 3.63) is 29.8 Å². The van der Waals surface area contributed by atoms with Crippen LogP contribution in [0.3, 0.4) is 0 Å². The summed E-state index contributed by atoms with van der Waals surface area (Å²) in [6.45, 7) is 1.36. The van der Waals surface area contributed by atoms with Crippen LogP contribution in [0.4, 0.5) is 8.78 Å². The molecule has 1 aliphatic rings. The first-order chi connectivity index (χ1) is 9.68. The van der Waals surface area contributed by atoms with Crippen LogP contribution in [0.5, 0.6) is 0 Å². The van der Waals surface area contributed by atoms with Crippen molar-refractivity contribution in [2.45, 2.75) is 24.7 Å². The van der Waals surface area contributed by atoms with Crippen LogP contribution in [-0.4, -0.2) is 36.9 Å². The SMILES string of the molecule is CC1(C(=O)O)CCN(S(=O)(=O)c2c(F)cccc2F)CC1. The van der Waals surface area contributed by atoms with Crippen LogP contribution in [0.1, 0.15) is 19.8 Å². The molecule has 1 fully saturated rings. The number of piperidine rings is 1. The molecule has 0 aliphatic carbocycles. The van der Waals surface area contributed by atoms with Gasteiger partial charge in [0.05, 0.1) is 5.41 Å². The molecule has 1 saturated heterocycles. The summed E-state index contributed by atoms with van der Waals surface area (Å²) in [5.41, 5.74) is -1.01. The van der Waals surface area contributed by atoms with E-state index in [0.29, 0.717) is 0 Å². The Morgan fingerprint density at radius 2 is 1.71 bits per heavy atom. The third kappa shape index (κ3) is 2.77.